The zero-order valence-electron chi connectivity index (χ0n) is 8.97. The van der Waals surface area contributed by atoms with E-state index in [1.54, 1.807) is 0 Å². The van der Waals surface area contributed by atoms with Gasteiger partial charge in [0.05, 0.1) is 6.54 Å². The molecule has 3 nitrogen and oxygen atoms in total. The van der Waals surface area contributed by atoms with Gasteiger partial charge in [-0.25, -0.2) is 0 Å². The van der Waals surface area contributed by atoms with Crippen molar-refractivity contribution in [3.05, 3.63) is 0 Å². The van der Waals surface area contributed by atoms with E-state index in [0.29, 0.717) is 6.54 Å². The molecule has 0 aromatic heterocycles. The van der Waals surface area contributed by atoms with Crippen LogP contribution in [0, 0.1) is 0 Å². The van der Waals surface area contributed by atoms with Gasteiger partial charge in [-0.2, -0.15) is 0 Å². The van der Waals surface area contributed by atoms with Crippen molar-refractivity contribution in [3.8, 4) is 0 Å². The predicted molar refractivity (Wildman–Crippen MR) is 59.4 cm³/mol. The zero-order chi connectivity index (χ0) is 9.94. The minimum Gasteiger partial charge on any atom is -0.329 e. The monoisotopic (exact) mass is 185 g/mol. The SMILES string of the molecule is CCCCC(C)=NCCNCCN. The van der Waals surface area contributed by atoms with Crippen LogP contribution in [-0.4, -0.2) is 31.9 Å². The molecular formula is C10H23N3. The lowest BCUT2D eigenvalue weighted by atomic mass is 10.2. The smallest absolute Gasteiger partial charge is 0.0513 e. The van der Waals surface area contributed by atoms with Gasteiger partial charge in [-0.1, -0.05) is 13.3 Å². The van der Waals surface area contributed by atoms with E-state index in [2.05, 4.69) is 24.2 Å². The Balaban J connectivity index is 3.25. The van der Waals surface area contributed by atoms with Crippen molar-refractivity contribution >= 4 is 5.71 Å². The van der Waals surface area contributed by atoms with E-state index in [1.807, 2.05) is 0 Å². The van der Waals surface area contributed by atoms with Gasteiger partial charge in [-0.05, 0) is 19.8 Å². The van der Waals surface area contributed by atoms with E-state index in [4.69, 9.17) is 5.73 Å². The maximum atomic E-state index is 5.34. The van der Waals surface area contributed by atoms with E-state index in [-0.39, 0.29) is 0 Å². The Hall–Kier alpha value is -0.410. The first-order valence-corrected chi connectivity index (χ1v) is 5.22. The fourth-order valence-corrected chi connectivity index (χ4v) is 1.06. The van der Waals surface area contributed by atoms with Gasteiger partial charge >= 0.3 is 0 Å². The third-order valence-electron chi connectivity index (χ3n) is 1.88. The molecule has 0 aliphatic carbocycles. The highest BCUT2D eigenvalue weighted by molar-refractivity contribution is 5.81. The van der Waals surface area contributed by atoms with Crippen LogP contribution in [0.25, 0.3) is 0 Å². The van der Waals surface area contributed by atoms with Gasteiger partial charge in [0.25, 0.3) is 0 Å². The van der Waals surface area contributed by atoms with E-state index >= 15 is 0 Å². The molecule has 0 saturated heterocycles. The molecule has 0 fully saturated rings. The summed E-state index contributed by atoms with van der Waals surface area (Å²) in [6.45, 7) is 7.74. The summed E-state index contributed by atoms with van der Waals surface area (Å²) in [5, 5.41) is 3.21. The molecule has 0 heterocycles. The minimum absolute atomic E-state index is 0.707. The summed E-state index contributed by atoms with van der Waals surface area (Å²) < 4.78 is 0. The van der Waals surface area contributed by atoms with Crippen molar-refractivity contribution in [1.82, 2.24) is 5.32 Å². The maximum absolute atomic E-state index is 5.34. The van der Waals surface area contributed by atoms with Crippen LogP contribution in [0.5, 0.6) is 0 Å². The van der Waals surface area contributed by atoms with Crippen molar-refractivity contribution in [2.45, 2.75) is 33.1 Å². The summed E-state index contributed by atoms with van der Waals surface area (Å²) in [6.07, 6.45) is 3.65. The van der Waals surface area contributed by atoms with Gasteiger partial charge in [0.1, 0.15) is 0 Å². The molecule has 0 aliphatic rings. The fourth-order valence-electron chi connectivity index (χ4n) is 1.06. The van der Waals surface area contributed by atoms with Gasteiger partial charge in [0.15, 0.2) is 0 Å². The summed E-state index contributed by atoms with van der Waals surface area (Å²) in [4.78, 5) is 4.45. The predicted octanol–water partition coefficient (Wildman–Crippen LogP) is 1.19. The Labute approximate surface area is 81.8 Å². The topological polar surface area (TPSA) is 50.4 Å². The minimum atomic E-state index is 0.707. The average molecular weight is 185 g/mol. The quantitative estimate of drug-likeness (QED) is 0.441. The third kappa shape index (κ3) is 9.50. The van der Waals surface area contributed by atoms with Crippen LogP contribution in [0.1, 0.15) is 33.1 Å². The summed E-state index contributed by atoms with van der Waals surface area (Å²) >= 11 is 0. The van der Waals surface area contributed by atoms with Crippen LogP contribution < -0.4 is 11.1 Å². The fraction of sp³-hybridized carbons (Fsp3) is 0.900. The number of aliphatic imine (C=N–C) groups is 1. The van der Waals surface area contributed by atoms with Gasteiger partial charge in [-0.15, -0.1) is 0 Å². The molecule has 13 heavy (non-hydrogen) atoms. The van der Waals surface area contributed by atoms with Crippen molar-refractivity contribution in [1.29, 1.82) is 0 Å². The molecule has 0 saturated carbocycles. The molecule has 0 aromatic rings. The Bertz CT molecular complexity index is 132. The Kier molecular flexibility index (Phi) is 9.37. The molecule has 0 bridgehead atoms. The molecule has 0 spiro atoms. The second kappa shape index (κ2) is 9.68. The van der Waals surface area contributed by atoms with E-state index < -0.39 is 0 Å². The molecule has 0 radical (unpaired) electrons. The highest BCUT2D eigenvalue weighted by Crippen LogP contribution is 1.96. The standard InChI is InChI=1S/C10H23N3/c1-3-4-5-10(2)13-9-8-12-7-6-11/h12H,3-9,11H2,1-2H3. The normalized spacial score (nSPS) is 12.1. The molecule has 0 aliphatic heterocycles. The molecular weight excluding hydrogens is 162 g/mol. The maximum Gasteiger partial charge on any atom is 0.0513 e. The average Bonchev–Trinajstić information content (AvgIpc) is 2.14. The van der Waals surface area contributed by atoms with Crippen molar-refractivity contribution < 1.29 is 0 Å². The van der Waals surface area contributed by atoms with E-state index in [1.165, 1.54) is 18.6 Å². The van der Waals surface area contributed by atoms with Crippen molar-refractivity contribution in [2.75, 3.05) is 26.2 Å². The first-order chi connectivity index (χ1) is 6.31. The molecule has 0 aromatic carbocycles. The number of rotatable bonds is 8. The number of hydrogen-bond donors (Lipinski definition) is 2. The molecule has 3 heteroatoms. The molecule has 0 atom stereocenters. The summed E-state index contributed by atoms with van der Waals surface area (Å²) in [7, 11) is 0. The van der Waals surface area contributed by atoms with Gasteiger partial charge in [0.2, 0.25) is 0 Å². The summed E-state index contributed by atoms with van der Waals surface area (Å²) in [6, 6.07) is 0. The van der Waals surface area contributed by atoms with Crippen LogP contribution in [-0.2, 0) is 0 Å². The third-order valence-corrected chi connectivity index (χ3v) is 1.88. The first-order valence-electron chi connectivity index (χ1n) is 5.22. The number of unbranched alkanes of at least 4 members (excludes halogenated alkanes) is 1. The van der Waals surface area contributed by atoms with E-state index in [0.717, 1.165) is 26.1 Å². The Morgan fingerprint density at radius 3 is 2.77 bits per heavy atom. The van der Waals surface area contributed by atoms with Gasteiger partial charge in [0, 0.05) is 25.3 Å². The van der Waals surface area contributed by atoms with Crippen LogP contribution in [0.2, 0.25) is 0 Å². The lowest BCUT2D eigenvalue weighted by Gasteiger charge is -2.01. The van der Waals surface area contributed by atoms with Crippen molar-refractivity contribution in [3.63, 3.8) is 0 Å². The number of nitrogens with two attached hydrogens (primary N) is 1. The van der Waals surface area contributed by atoms with Gasteiger partial charge < -0.3 is 11.1 Å². The molecule has 78 valence electrons. The van der Waals surface area contributed by atoms with Crippen LogP contribution >= 0.6 is 0 Å². The summed E-state index contributed by atoms with van der Waals surface area (Å²) in [5.74, 6) is 0. The largest absolute Gasteiger partial charge is 0.329 e. The lowest BCUT2D eigenvalue weighted by Crippen LogP contribution is -2.24. The Morgan fingerprint density at radius 1 is 1.38 bits per heavy atom. The number of hydrogen-bond acceptors (Lipinski definition) is 3. The van der Waals surface area contributed by atoms with Crippen LogP contribution in [0.3, 0.4) is 0 Å². The Morgan fingerprint density at radius 2 is 2.15 bits per heavy atom. The molecule has 0 unspecified atom stereocenters. The second-order valence-electron chi connectivity index (χ2n) is 3.26. The van der Waals surface area contributed by atoms with Gasteiger partial charge in [-0.3, -0.25) is 4.99 Å². The van der Waals surface area contributed by atoms with Crippen LogP contribution in [0.4, 0.5) is 0 Å². The number of nitrogens with zero attached hydrogens (tertiary/aromatic N) is 1. The zero-order valence-corrected chi connectivity index (χ0v) is 8.97. The second-order valence-corrected chi connectivity index (χ2v) is 3.26. The first kappa shape index (κ1) is 12.6. The van der Waals surface area contributed by atoms with E-state index in [9.17, 15) is 0 Å². The highest BCUT2D eigenvalue weighted by Gasteiger charge is 1.90. The van der Waals surface area contributed by atoms with Crippen LogP contribution in [0.15, 0.2) is 4.99 Å². The highest BCUT2D eigenvalue weighted by atomic mass is 14.9. The summed E-state index contributed by atoms with van der Waals surface area (Å²) in [5.41, 5.74) is 6.61. The number of nitrogens with one attached hydrogen (secondary N) is 1. The molecule has 0 amide bonds. The van der Waals surface area contributed by atoms with Crippen molar-refractivity contribution in [2.24, 2.45) is 10.7 Å². The molecule has 0 rings (SSSR count). The lowest BCUT2D eigenvalue weighted by molar-refractivity contribution is 0.695. The molecule has 3 N–H and O–H groups in total.